The average Bonchev–Trinajstić information content (AvgIpc) is 3.02. The van der Waals surface area contributed by atoms with Crippen molar-refractivity contribution in [2.75, 3.05) is 36.9 Å². The number of nitrogens with zero attached hydrogens (tertiary/aromatic N) is 3. The average molecular weight is 313 g/mol. The van der Waals surface area contributed by atoms with Gasteiger partial charge >= 0.3 is 0 Å². The van der Waals surface area contributed by atoms with Crippen molar-refractivity contribution in [2.24, 2.45) is 0 Å². The first-order valence-electron chi connectivity index (χ1n) is 7.45. The number of morpholine rings is 1. The van der Waals surface area contributed by atoms with Crippen molar-refractivity contribution in [1.82, 2.24) is 15.0 Å². The van der Waals surface area contributed by atoms with Crippen molar-refractivity contribution in [3.8, 4) is 11.3 Å². The van der Waals surface area contributed by atoms with Crippen molar-refractivity contribution in [3.63, 3.8) is 0 Å². The zero-order valence-corrected chi connectivity index (χ0v) is 12.4. The first kappa shape index (κ1) is 14.0. The van der Waals surface area contributed by atoms with E-state index < -0.39 is 0 Å². The fourth-order valence-corrected chi connectivity index (χ4v) is 2.89. The highest BCUT2D eigenvalue weighted by molar-refractivity contribution is 5.94. The summed E-state index contributed by atoms with van der Waals surface area (Å²) in [7, 11) is 0. The maximum atomic E-state index is 13.9. The summed E-state index contributed by atoms with van der Waals surface area (Å²) in [6.45, 7) is 2.81. The van der Waals surface area contributed by atoms with E-state index in [0.29, 0.717) is 24.5 Å². The van der Waals surface area contributed by atoms with Crippen molar-refractivity contribution in [1.29, 1.82) is 0 Å². The Labute approximate surface area is 132 Å². The Kier molecular flexibility index (Phi) is 3.34. The molecule has 4 rings (SSSR count). The third-order valence-electron chi connectivity index (χ3n) is 3.97. The number of rotatable bonds is 2. The van der Waals surface area contributed by atoms with Crippen LogP contribution in [-0.4, -0.2) is 41.3 Å². The molecule has 1 aliphatic heterocycles. The summed E-state index contributed by atoms with van der Waals surface area (Å²) in [5.74, 6) is 0.598. The van der Waals surface area contributed by atoms with Gasteiger partial charge in [0.15, 0.2) is 0 Å². The lowest BCUT2D eigenvalue weighted by molar-refractivity contribution is 0.122. The number of benzene rings is 1. The number of halogens is 1. The molecule has 0 amide bonds. The highest BCUT2D eigenvalue weighted by atomic mass is 19.1. The Balaban J connectivity index is 1.84. The molecule has 7 heteroatoms. The van der Waals surface area contributed by atoms with Crippen LogP contribution in [0.2, 0.25) is 0 Å². The molecule has 3 aromatic rings. The van der Waals surface area contributed by atoms with Crippen LogP contribution in [0.4, 0.5) is 16.2 Å². The number of H-pyrrole nitrogens is 1. The highest BCUT2D eigenvalue weighted by Gasteiger charge is 2.16. The summed E-state index contributed by atoms with van der Waals surface area (Å²) < 4.78 is 19.3. The molecule has 3 heterocycles. The molecule has 6 nitrogen and oxygen atoms in total. The van der Waals surface area contributed by atoms with Crippen LogP contribution in [0.25, 0.3) is 22.2 Å². The second-order valence-corrected chi connectivity index (χ2v) is 5.46. The van der Waals surface area contributed by atoms with Crippen LogP contribution in [0, 0.1) is 5.82 Å². The van der Waals surface area contributed by atoms with Gasteiger partial charge in [0.2, 0.25) is 5.95 Å². The smallest absolute Gasteiger partial charge is 0.222 e. The van der Waals surface area contributed by atoms with Crippen molar-refractivity contribution in [2.45, 2.75) is 0 Å². The zero-order valence-electron chi connectivity index (χ0n) is 12.4. The van der Waals surface area contributed by atoms with Gasteiger partial charge in [-0.2, -0.15) is 4.98 Å². The maximum absolute atomic E-state index is 13.9. The van der Waals surface area contributed by atoms with Gasteiger partial charge in [0.05, 0.1) is 18.9 Å². The summed E-state index contributed by atoms with van der Waals surface area (Å²) >= 11 is 0. The van der Waals surface area contributed by atoms with Crippen LogP contribution in [0.5, 0.6) is 0 Å². The van der Waals surface area contributed by atoms with Crippen molar-refractivity contribution in [3.05, 3.63) is 36.3 Å². The normalized spacial score (nSPS) is 15.3. The molecule has 118 valence electrons. The van der Waals surface area contributed by atoms with Gasteiger partial charge in [0.1, 0.15) is 11.6 Å². The van der Waals surface area contributed by atoms with Crippen molar-refractivity contribution >= 4 is 22.7 Å². The standard InChI is InChI=1S/C16H16FN5O/c17-10-7-12(11-1-2-19-13(11)8-10)14-9-15(21-16(18)20-14)22-3-5-23-6-4-22/h1-2,7-9,19H,3-6H2,(H2,18,20,21). The van der Waals surface area contributed by atoms with E-state index in [2.05, 4.69) is 19.9 Å². The summed E-state index contributed by atoms with van der Waals surface area (Å²) in [5.41, 5.74) is 7.92. The SMILES string of the molecule is Nc1nc(-c2cc(F)cc3[nH]ccc23)cc(N2CCOCC2)n1. The lowest BCUT2D eigenvalue weighted by Crippen LogP contribution is -2.36. The fourth-order valence-electron chi connectivity index (χ4n) is 2.89. The van der Waals surface area contributed by atoms with Gasteiger partial charge in [-0.1, -0.05) is 0 Å². The fraction of sp³-hybridized carbons (Fsp3) is 0.250. The van der Waals surface area contributed by atoms with E-state index in [1.807, 2.05) is 12.1 Å². The molecular weight excluding hydrogens is 297 g/mol. The molecule has 0 radical (unpaired) electrons. The topological polar surface area (TPSA) is 80.1 Å². The van der Waals surface area contributed by atoms with E-state index in [1.54, 1.807) is 6.20 Å². The van der Waals surface area contributed by atoms with Gasteiger partial charge in [-0.15, -0.1) is 0 Å². The number of hydrogen-bond acceptors (Lipinski definition) is 5. The minimum Gasteiger partial charge on any atom is -0.378 e. The van der Waals surface area contributed by atoms with E-state index in [9.17, 15) is 4.39 Å². The van der Waals surface area contributed by atoms with Crippen LogP contribution in [-0.2, 0) is 4.74 Å². The van der Waals surface area contributed by atoms with E-state index in [1.165, 1.54) is 12.1 Å². The lowest BCUT2D eigenvalue weighted by atomic mass is 10.1. The summed E-state index contributed by atoms with van der Waals surface area (Å²) in [5, 5.41) is 0.900. The van der Waals surface area contributed by atoms with E-state index >= 15 is 0 Å². The number of ether oxygens (including phenoxy) is 1. The highest BCUT2D eigenvalue weighted by Crippen LogP contribution is 2.30. The number of nitrogens with two attached hydrogens (primary N) is 1. The van der Waals surface area contributed by atoms with E-state index in [0.717, 1.165) is 29.8 Å². The van der Waals surface area contributed by atoms with Crippen LogP contribution >= 0.6 is 0 Å². The van der Waals surface area contributed by atoms with Gasteiger partial charge < -0.3 is 20.4 Å². The van der Waals surface area contributed by atoms with Gasteiger partial charge in [0, 0.05) is 41.8 Å². The zero-order chi connectivity index (χ0) is 15.8. The molecule has 0 aliphatic carbocycles. The summed E-state index contributed by atoms with van der Waals surface area (Å²) in [6, 6.07) is 6.69. The van der Waals surface area contributed by atoms with Gasteiger partial charge in [-0.25, -0.2) is 9.37 Å². The Hall–Kier alpha value is -2.67. The van der Waals surface area contributed by atoms with Crippen molar-refractivity contribution < 1.29 is 9.13 Å². The van der Waals surface area contributed by atoms with Gasteiger partial charge in [-0.05, 0) is 18.2 Å². The molecule has 0 bridgehead atoms. The maximum Gasteiger partial charge on any atom is 0.222 e. The monoisotopic (exact) mass is 313 g/mol. The number of aromatic nitrogens is 3. The largest absolute Gasteiger partial charge is 0.378 e. The van der Waals surface area contributed by atoms with Gasteiger partial charge in [-0.3, -0.25) is 0 Å². The molecule has 1 saturated heterocycles. The van der Waals surface area contributed by atoms with Crippen LogP contribution < -0.4 is 10.6 Å². The van der Waals surface area contributed by atoms with Crippen LogP contribution in [0.3, 0.4) is 0 Å². The number of nitrogen functional groups attached to an aromatic ring is 1. The summed E-state index contributed by atoms with van der Waals surface area (Å²) in [6.07, 6.45) is 1.78. The van der Waals surface area contributed by atoms with E-state index in [4.69, 9.17) is 10.5 Å². The summed E-state index contributed by atoms with van der Waals surface area (Å²) in [4.78, 5) is 13.7. The molecule has 1 aromatic carbocycles. The van der Waals surface area contributed by atoms with E-state index in [-0.39, 0.29) is 11.8 Å². The minimum absolute atomic E-state index is 0.178. The van der Waals surface area contributed by atoms with Crippen LogP contribution in [0.1, 0.15) is 0 Å². The quantitative estimate of drug-likeness (QED) is 0.758. The second kappa shape index (κ2) is 5.51. The number of aromatic amines is 1. The molecule has 3 N–H and O–H groups in total. The second-order valence-electron chi connectivity index (χ2n) is 5.46. The molecule has 0 unspecified atom stereocenters. The lowest BCUT2D eigenvalue weighted by Gasteiger charge is -2.28. The third kappa shape index (κ3) is 2.59. The molecule has 1 aliphatic rings. The third-order valence-corrected chi connectivity index (χ3v) is 3.97. The molecule has 0 saturated carbocycles. The Bertz CT molecular complexity index is 857. The number of fused-ring (bicyclic) bond motifs is 1. The molecule has 0 spiro atoms. The van der Waals surface area contributed by atoms with Gasteiger partial charge in [0.25, 0.3) is 0 Å². The number of nitrogens with one attached hydrogen (secondary N) is 1. The Morgan fingerprint density at radius 1 is 1.17 bits per heavy atom. The number of hydrogen-bond donors (Lipinski definition) is 2. The molecule has 1 fully saturated rings. The first-order chi connectivity index (χ1) is 11.2. The molecule has 0 atom stereocenters. The molecule has 23 heavy (non-hydrogen) atoms. The molecule has 2 aromatic heterocycles. The predicted molar refractivity (Wildman–Crippen MR) is 86.7 cm³/mol. The predicted octanol–water partition coefficient (Wildman–Crippen LogP) is 2.18. The molecular formula is C16H16FN5O. The minimum atomic E-state index is -0.319. The Morgan fingerprint density at radius 2 is 2.00 bits per heavy atom. The van der Waals surface area contributed by atoms with Crippen LogP contribution in [0.15, 0.2) is 30.5 Å². The Morgan fingerprint density at radius 3 is 2.83 bits per heavy atom. The number of anilines is 2. The first-order valence-corrected chi connectivity index (χ1v) is 7.45.